The van der Waals surface area contributed by atoms with Crippen molar-refractivity contribution in [1.29, 1.82) is 0 Å². The largest absolute Gasteiger partial charge is 0.374 e. The molecule has 2 rings (SSSR count). The summed E-state index contributed by atoms with van der Waals surface area (Å²) in [7, 11) is 1.98. The highest BCUT2D eigenvalue weighted by Crippen LogP contribution is 2.21. The van der Waals surface area contributed by atoms with Crippen molar-refractivity contribution in [1.82, 2.24) is 0 Å². The third kappa shape index (κ3) is 3.74. The lowest BCUT2D eigenvalue weighted by molar-refractivity contribution is 0.626. The highest BCUT2D eigenvalue weighted by Gasteiger charge is 2.13. The van der Waals surface area contributed by atoms with Crippen LogP contribution in [0.25, 0.3) is 0 Å². The molecule has 0 aromatic heterocycles. The molecule has 0 aliphatic carbocycles. The maximum atomic E-state index is 13.2. The van der Waals surface area contributed by atoms with Crippen LogP contribution in [0.1, 0.15) is 11.5 Å². The molecule has 0 saturated carbocycles. The summed E-state index contributed by atoms with van der Waals surface area (Å²) in [6, 6.07) is 17.0. The Balaban J connectivity index is 2.10. The van der Waals surface area contributed by atoms with Crippen LogP contribution in [0.15, 0.2) is 54.6 Å². The van der Waals surface area contributed by atoms with E-state index < -0.39 is 0 Å². The van der Waals surface area contributed by atoms with E-state index in [1.165, 1.54) is 11.6 Å². The third-order valence-corrected chi connectivity index (χ3v) is 3.68. The third-order valence-electron chi connectivity index (χ3n) is 3.23. The number of benzene rings is 2. The fourth-order valence-electron chi connectivity index (χ4n) is 2.14. The van der Waals surface area contributed by atoms with Gasteiger partial charge >= 0.3 is 0 Å². The summed E-state index contributed by atoms with van der Waals surface area (Å²) in [5.41, 5.74) is 2.16. The van der Waals surface area contributed by atoms with E-state index in [2.05, 4.69) is 29.7 Å². The molecule has 2 aromatic carbocycles. The van der Waals surface area contributed by atoms with E-state index in [9.17, 15) is 4.39 Å². The molecule has 0 radical (unpaired) electrons. The Hall–Kier alpha value is -1.48. The number of halogens is 1. The molecule has 0 heterocycles. The Morgan fingerprint density at radius 1 is 1.11 bits per heavy atom. The number of nitrogens with zero attached hydrogens (tertiary/aromatic N) is 1. The van der Waals surface area contributed by atoms with Crippen LogP contribution in [-0.2, 0) is 0 Å². The number of thiol groups is 1. The number of likely N-dealkylation sites (N-methyl/N-ethyl adjacent to an activating group) is 1. The highest BCUT2D eigenvalue weighted by atomic mass is 32.1. The lowest BCUT2D eigenvalue weighted by Gasteiger charge is -2.25. The van der Waals surface area contributed by atoms with E-state index in [-0.39, 0.29) is 5.82 Å². The van der Waals surface area contributed by atoms with Crippen LogP contribution in [-0.4, -0.2) is 19.3 Å². The van der Waals surface area contributed by atoms with Gasteiger partial charge in [0.2, 0.25) is 0 Å². The fraction of sp³-hybridized carbons (Fsp3) is 0.250. The van der Waals surface area contributed by atoms with Crippen molar-refractivity contribution in [2.75, 3.05) is 24.2 Å². The average Bonchev–Trinajstić information content (AvgIpc) is 2.45. The maximum Gasteiger partial charge on any atom is 0.125 e. The molecule has 1 nitrogen and oxygen atoms in total. The molecule has 1 atom stereocenters. The molecule has 19 heavy (non-hydrogen) atoms. The van der Waals surface area contributed by atoms with Gasteiger partial charge in [-0.3, -0.25) is 0 Å². The van der Waals surface area contributed by atoms with Crippen molar-refractivity contribution in [3.05, 3.63) is 66.0 Å². The van der Waals surface area contributed by atoms with E-state index in [4.69, 9.17) is 0 Å². The van der Waals surface area contributed by atoms with Crippen molar-refractivity contribution in [3.63, 3.8) is 0 Å². The second-order valence-electron chi connectivity index (χ2n) is 4.65. The fourth-order valence-corrected chi connectivity index (χ4v) is 2.47. The van der Waals surface area contributed by atoms with Gasteiger partial charge in [0.25, 0.3) is 0 Å². The van der Waals surface area contributed by atoms with Crippen molar-refractivity contribution in [3.8, 4) is 0 Å². The average molecular weight is 275 g/mol. The van der Waals surface area contributed by atoms with E-state index in [0.29, 0.717) is 5.92 Å². The Labute approximate surface area is 119 Å². The van der Waals surface area contributed by atoms with Crippen LogP contribution >= 0.6 is 12.6 Å². The van der Waals surface area contributed by atoms with Crippen LogP contribution in [0.5, 0.6) is 0 Å². The predicted molar refractivity (Wildman–Crippen MR) is 82.7 cm³/mol. The first-order valence-electron chi connectivity index (χ1n) is 6.33. The summed E-state index contributed by atoms with van der Waals surface area (Å²) in [5, 5.41) is 0. The van der Waals surface area contributed by atoms with Crippen molar-refractivity contribution >= 4 is 18.3 Å². The van der Waals surface area contributed by atoms with Gasteiger partial charge in [-0.05, 0) is 29.5 Å². The first kappa shape index (κ1) is 13.9. The SMILES string of the molecule is CN(CC(CS)c1ccccc1)c1cccc(F)c1. The standard InChI is InChI=1S/C16H18FNS/c1-18(16-9-5-8-15(17)10-16)11-14(12-19)13-6-3-2-4-7-13/h2-10,14,19H,11-12H2,1H3. The second kappa shape index (κ2) is 6.62. The highest BCUT2D eigenvalue weighted by molar-refractivity contribution is 7.80. The summed E-state index contributed by atoms with van der Waals surface area (Å²) in [6.45, 7) is 0.816. The first-order valence-corrected chi connectivity index (χ1v) is 6.96. The predicted octanol–water partition coefficient (Wildman–Crippen LogP) is 3.98. The Morgan fingerprint density at radius 2 is 1.84 bits per heavy atom. The number of hydrogen-bond acceptors (Lipinski definition) is 2. The van der Waals surface area contributed by atoms with Gasteiger partial charge < -0.3 is 4.90 Å². The summed E-state index contributed by atoms with van der Waals surface area (Å²) >= 11 is 4.43. The van der Waals surface area contributed by atoms with Gasteiger partial charge in [0.15, 0.2) is 0 Å². The lowest BCUT2D eigenvalue weighted by atomic mass is 10.0. The van der Waals surface area contributed by atoms with Crippen molar-refractivity contribution in [2.24, 2.45) is 0 Å². The second-order valence-corrected chi connectivity index (χ2v) is 5.02. The number of anilines is 1. The maximum absolute atomic E-state index is 13.2. The zero-order valence-corrected chi connectivity index (χ0v) is 11.9. The minimum absolute atomic E-state index is 0.202. The molecule has 3 heteroatoms. The van der Waals surface area contributed by atoms with Gasteiger partial charge in [0, 0.05) is 25.2 Å². The van der Waals surface area contributed by atoms with E-state index >= 15 is 0 Å². The van der Waals surface area contributed by atoms with E-state index in [1.54, 1.807) is 12.1 Å². The quantitative estimate of drug-likeness (QED) is 0.808. The normalized spacial score (nSPS) is 12.2. The van der Waals surface area contributed by atoms with Crippen molar-refractivity contribution < 1.29 is 4.39 Å². The van der Waals surface area contributed by atoms with Gasteiger partial charge in [0.05, 0.1) is 0 Å². The van der Waals surface area contributed by atoms with Crippen LogP contribution in [0, 0.1) is 5.82 Å². The van der Waals surface area contributed by atoms with Crippen molar-refractivity contribution in [2.45, 2.75) is 5.92 Å². The molecule has 0 saturated heterocycles. The summed E-state index contributed by atoms with van der Waals surface area (Å²) in [5.74, 6) is 0.896. The van der Waals surface area contributed by atoms with Gasteiger partial charge in [-0.2, -0.15) is 12.6 Å². The van der Waals surface area contributed by atoms with Crippen LogP contribution in [0.3, 0.4) is 0 Å². The Bertz CT molecular complexity index is 515. The molecular formula is C16H18FNS. The van der Waals surface area contributed by atoms with Gasteiger partial charge in [-0.1, -0.05) is 36.4 Å². The van der Waals surface area contributed by atoms with E-state index in [1.807, 2.05) is 31.3 Å². The number of rotatable bonds is 5. The zero-order valence-electron chi connectivity index (χ0n) is 11.0. The summed E-state index contributed by atoms with van der Waals surface area (Å²) < 4.78 is 13.2. The van der Waals surface area contributed by atoms with Crippen LogP contribution in [0.2, 0.25) is 0 Å². The molecule has 0 amide bonds. The smallest absolute Gasteiger partial charge is 0.125 e. The molecule has 0 aliphatic rings. The monoisotopic (exact) mass is 275 g/mol. The molecule has 2 aromatic rings. The lowest BCUT2D eigenvalue weighted by Crippen LogP contribution is -2.25. The van der Waals surface area contributed by atoms with Gasteiger partial charge in [0.1, 0.15) is 5.82 Å². The minimum atomic E-state index is -0.202. The molecule has 0 bridgehead atoms. The molecule has 0 N–H and O–H groups in total. The molecule has 0 spiro atoms. The van der Waals surface area contributed by atoms with Crippen LogP contribution < -0.4 is 4.90 Å². The first-order chi connectivity index (χ1) is 9.20. The molecule has 100 valence electrons. The molecule has 0 fully saturated rings. The number of hydrogen-bond donors (Lipinski definition) is 1. The van der Waals surface area contributed by atoms with Gasteiger partial charge in [-0.25, -0.2) is 4.39 Å². The molecular weight excluding hydrogens is 257 g/mol. The molecule has 1 unspecified atom stereocenters. The summed E-state index contributed by atoms with van der Waals surface area (Å²) in [4.78, 5) is 2.07. The topological polar surface area (TPSA) is 3.24 Å². The Morgan fingerprint density at radius 3 is 2.47 bits per heavy atom. The van der Waals surface area contributed by atoms with Crippen LogP contribution in [0.4, 0.5) is 10.1 Å². The van der Waals surface area contributed by atoms with Gasteiger partial charge in [-0.15, -0.1) is 0 Å². The van der Waals surface area contributed by atoms with E-state index in [0.717, 1.165) is 18.0 Å². The zero-order chi connectivity index (χ0) is 13.7. The minimum Gasteiger partial charge on any atom is -0.374 e. The summed E-state index contributed by atoms with van der Waals surface area (Å²) in [6.07, 6.45) is 0. The molecule has 0 aliphatic heterocycles. The Kier molecular flexibility index (Phi) is 4.86.